The maximum atomic E-state index is 12.7. The average molecular weight is 359 g/mol. The van der Waals surface area contributed by atoms with Gasteiger partial charge in [0, 0.05) is 19.6 Å². The van der Waals surface area contributed by atoms with E-state index < -0.39 is 0 Å². The van der Waals surface area contributed by atoms with Crippen molar-refractivity contribution >= 4 is 28.6 Å². The highest BCUT2D eigenvalue weighted by molar-refractivity contribution is 8.00. The number of hydrogen-bond acceptors (Lipinski definition) is 5. The van der Waals surface area contributed by atoms with Crippen LogP contribution < -0.4 is 5.56 Å². The maximum Gasteiger partial charge on any atom is 0.262 e. The molecule has 0 spiro atoms. The molecule has 3 rings (SSSR count). The van der Waals surface area contributed by atoms with Crippen molar-refractivity contribution in [2.24, 2.45) is 0 Å². The first kappa shape index (κ1) is 17.7. The number of nitrogens with zero attached hydrogens (tertiary/aromatic N) is 3. The van der Waals surface area contributed by atoms with Gasteiger partial charge in [-0.2, -0.15) is 0 Å². The topological polar surface area (TPSA) is 64.4 Å². The molecule has 0 radical (unpaired) electrons. The number of hydrogen-bond donors (Lipinski definition) is 0. The fourth-order valence-electron chi connectivity index (χ4n) is 2.78. The number of allylic oxidation sites excluding steroid dienone is 1. The lowest BCUT2D eigenvalue weighted by atomic mass is 10.2. The molecule has 1 saturated heterocycles. The zero-order valence-corrected chi connectivity index (χ0v) is 15.0. The van der Waals surface area contributed by atoms with Crippen molar-refractivity contribution in [3.63, 3.8) is 0 Å². The smallest absolute Gasteiger partial charge is 0.262 e. The van der Waals surface area contributed by atoms with Gasteiger partial charge in [-0.1, -0.05) is 30.0 Å². The Balaban J connectivity index is 1.91. The lowest BCUT2D eigenvalue weighted by Gasteiger charge is -2.29. The van der Waals surface area contributed by atoms with Crippen LogP contribution in [0.2, 0.25) is 0 Å². The molecule has 1 aliphatic rings. The fourth-order valence-corrected chi connectivity index (χ4v) is 3.78. The van der Waals surface area contributed by atoms with Gasteiger partial charge in [0.1, 0.15) is 0 Å². The molecule has 0 saturated carbocycles. The summed E-state index contributed by atoms with van der Waals surface area (Å²) in [6.45, 7) is 8.27. The van der Waals surface area contributed by atoms with E-state index in [1.165, 1.54) is 11.8 Å². The quantitative estimate of drug-likeness (QED) is 0.464. The molecule has 132 valence electrons. The Labute approximate surface area is 150 Å². The SMILES string of the molecule is C=CCn1c(S[C@H](C)C(=O)N2CCOCC2)nc2ccccc2c1=O. The largest absolute Gasteiger partial charge is 0.378 e. The van der Waals surface area contributed by atoms with Crippen LogP contribution in [0.15, 0.2) is 46.9 Å². The van der Waals surface area contributed by atoms with Crippen LogP contribution in [-0.2, 0) is 16.1 Å². The third-order valence-corrected chi connectivity index (χ3v) is 5.17. The average Bonchev–Trinajstić information content (AvgIpc) is 2.65. The van der Waals surface area contributed by atoms with Crippen LogP contribution in [0.5, 0.6) is 0 Å². The Bertz CT molecular complexity index is 843. The molecule has 2 heterocycles. The number of aromatic nitrogens is 2. The molecule has 7 heteroatoms. The zero-order chi connectivity index (χ0) is 17.8. The molecular formula is C18H21N3O3S. The number of ether oxygens (including phenoxy) is 1. The maximum absolute atomic E-state index is 12.7. The minimum absolute atomic E-state index is 0.0425. The van der Waals surface area contributed by atoms with Gasteiger partial charge in [0.05, 0.1) is 29.4 Å². The molecule has 25 heavy (non-hydrogen) atoms. The Hall–Kier alpha value is -2.12. The molecule has 0 N–H and O–H groups in total. The second-order valence-corrected chi connectivity index (χ2v) is 7.12. The molecule has 1 aliphatic heterocycles. The van der Waals surface area contributed by atoms with Crippen molar-refractivity contribution in [1.29, 1.82) is 0 Å². The first-order valence-corrected chi connectivity index (χ1v) is 9.13. The van der Waals surface area contributed by atoms with Gasteiger partial charge in [-0.05, 0) is 19.1 Å². The van der Waals surface area contributed by atoms with Gasteiger partial charge >= 0.3 is 0 Å². The van der Waals surface area contributed by atoms with Gasteiger partial charge in [0.2, 0.25) is 5.91 Å². The number of carbonyl (C=O) groups excluding carboxylic acids is 1. The first-order chi connectivity index (χ1) is 12.1. The molecule has 0 aliphatic carbocycles. The summed E-state index contributed by atoms with van der Waals surface area (Å²) in [4.78, 5) is 31.8. The molecule has 2 aromatic rings. The van der Waals surface area contributed by atoms with Gasteiger partial charge in [-0.25, -0.2) is 4.98 Å². The van der Waals surface area contributed by atoms with Crippen LogP contribution in [0.25, 0.3) is 10.9 Å². The van der Waals surface area contributed by atoms with Crippen LogP contribution >= 0.6 is 11.8 Å². The van der Waals surface area contributed by atoms with Crippen LogP contribution in [0.1, 0.15) is 6.92 Å². The predicted molar refractivity (Wildman–Crippen MR) is 98.9 cm³/mol. The minimum atomic E-state index is -0.331. The second-order valence-electron chi connectivity index (χ2n) is 5.81. The van der Waals surface area contributed by atoms with E-state index in [0.717, 1.165) is 0 Å². The van der Waals surface area contributed by atoms with Gasteiger partial charge in [0.25, 0.3) is 5.56 Å². The van der Waals surface area contributed by atoms with Crippen molar-refractivity contribution < 1.29 is 9.53 Å². The summed E-state index contributed by atoms with van der Waals surface area (Å²) in [6.07, 6.45) is 1.66. The molecular weight excluding hydrogens is 338 g/mol. The third-order valence-electron chi connectivity index (χ3n) is 4.09. The number of rotatable bonds is 5. The summed E-state index contributed by atoms with van der Waals surface area (Å²) in [5.41, 5.74) is 0.528. The van der Waals surface area contributed by atoms with E-state index >= 15 is 0 Å². The van der Waals surface area contributed by atoms with E-state index in [4.69, 9.17) is 4.74 Å². The van der Waals surface area contributed by atoms with Crippen LogP contribution in [0, 0.1) is 0 Å². The van der Waals surface area contributed by atoms with Crippen molar-refractivity contribution in [3.05, 3.63) is 47.3 Å². The second kappa shape index (κ2) is 7.84. The molecule has 0 bridgehead atoms. The third kappa shape index (κ3) is 3.77. The molecule has 1 aromatic carbocycles. The number of carbonyl (C=O) groups is 1. The van der Waals surface area contributed by atoms with E-state index in [-0.39, 0.29) is 16.7 Å². The number of fused-ring (bicyclic) bond motifs is 1. The Morgan fingerprint density at radius 2 is 2.12 bits per heavy atom. The van der Waals surface area contributed by atoms with Gasteiger partial charge < -0.3 is 9.64 Å². The molecule has 1 fully saturated rings. The van der Waals surface area contributed by atoms with E-state index in [1.54, 1.807) is 21.6 Å². The Kier molecular flexibility index (Phi) is 5.55. The summed E-state index contributed by atoms with van der Waals surface area (Å²) < 4.78 is 6.87. The number of amides is 1. The lowest BCUT2D eigenvalue weighted by molar-refractivity contribution is -0.134. The van der Waals surface area contributed by atoms with E-state index in [2.05, 4.69) is 11.6 Å². The minimum Gasteiger partial charge on any atom is -0.378 e. The highest BCUT2D eigenvalue weighted by Gasteiger charge is 2.25. The van der Waals surface area contributed by atoms with Crippen molar-refractivity contribution in [2.75, 3.05) is 26.3 Å². The van der Waals surface area contributed by atoms with Crippen molar-refractivity contribution in [3.8, 4) is 0 Å². The van der Waals surface area contributed by atoms with E-state index in [9.17, 15) is 9.59 Å². The summed E-state index contributed by atoms with van der Waals surface area (Å²) in [5, 5.41) is 0.779. The summed E-state index contributed by atoms with van der Waals surface area (Å²) in [7, 11) is 0. The summed E-state index contributed by atoms with van der Waals surface area (Å²) >= 11 is 1.31. The van der Waals surface area contributed by atoms with Crippen LogP contribution in [-0.4, -0.2) is 51.9 Å². The number of benzene rings is 1. The molecule has 0 unspecified atom stereocenters. The normalized spacial score (nSPS) is 16.0. The fraction of sp³-hybridized carbons (Fsp3) is 0.389. The van der Waals surface area contributed by atoms with Gasteiger partial charge in [-0.3, -0.25) is 14.2 Å². The Morgan fingerprint density at radius 1 is 1.40 bits per heavy atom. The molecule has 1 amide bonds. The Morgan fingerprint density at radius 3 is 2.84 bits per heavy atom. The van der Waals surface area contributed by atoms with Gasteiger partial charge in [-0.15, -0.1) is 6.58 Å². The zero-order valence-electron chi connectivity index (χ0n) is 14.2. The highest BCUT2D eigenvalue weighted by atomic mass is 32.2. The first-order valence-electron chi connectivity index (χ1n) is 8.25. The summed E-state index contributed by atoms with van der Waals surface area (Å²) in [6, 6.07) is 7.25. The predicted octanol–water partition coefficient (Wildman–Crippen LogP) is 1.92. The van der Waals surface area contributed by atoms with Crippen molar-refractivity contribution in [2.45, 2.75) is 23.9 Å². The number of para-hydroxylation sites is 1. The molecule has 6 nitrogen and oxygen atoms in total. The monoisotopic (exact) mass is 359 g/mol. The molecule has 1 atom stereocenters. The highest BCUT2D eigenvalue weighted by Crippen LogP contribution is 2.24. The summed E-state index contributed by atoms with van der Waals surface area (Å²) in [5.74, 6) is 0.0425. The van der Waals surface area contributed by atoms with E-state index in [1.807, 2.05) is 25.1 Å². The standard InChI is InChI=1S/C18H21N3O3S/c1-3-8-21-17(23)14-6-4-5-7-15(14)19-18(21)25-13(2)16(22)20-9-11-24-12-10-20/h3-7,13H,1,8-12H2,2H3/t13-/m1/s1. The van der Waals surface area contributed by atoms with Crippen molar-refractivity contribution in [1.82, 2.24) is 14.5 Å². The van der Waals surface area contributed by atoms with Gasteiger partial charge in [0.15, 0.2) is 5.16 Å². The number of thioether (sulfide) groups is 1. The number of morpholine rings is 1. The lowest BCUT2D eigenvalue weighted by Crippen LogP contribution is -2.44. The van der Waals surface area contributed by atoms with Crippen LogP contribution in [0.3, 0.4) is 0 Å². The molecule has 1 aromatic heterocycles. The van der Waals surface area contributed by atoms with E-state index in [0.29, 0.717) is 48.9 Å². The van der Waals surface area contributed by atoms with Crippen LogP contribution in [0.4, 0.5) is 0 Å².